The largest absolute Gasteiger partial charge is 0.458 e. The van der Waals surface area contributed by atoms with E-state index in [1.807, 2.05) is 13.8 Å². The second-order valence-corrected chi connectivity index (χ2v) is 14.2. The van der Waals surface area contributed by atoms with E-state index in [1.165, 1.54) is 64.4 Å². The number of carbonyl (C=O) groups is 2. The molecule has 0 aromatic rings. The van der Waals surface area contributed by atoms with Gasteiger partial charge in [-0.25, -0.2) is 0 Å². The molecule has 0 heterocycles. The average molecular weight is 575 g/mol. The predicted molar refractivity (Wildman–Crippen MR) is 158 cm³/mol. The highest BCUT2D eigenvalue weighted by atomic mass is 16.6. The third-order valence-electron chi connectivity index (χ3n) is 11.3. The van der Waals surface area contributed by atoms with Crippen LogP contribution in [0.4, 0.5) is 0 Å². The molecule has 0 spiro atoms. The minimum absolute atomic E-state index is 0.193. The van der Waals surface area contributed by atoms with Crippen LogP contribution < -0.4 is 0 Å². The predicted octanol–water partition coefficient (Wildman–Crippen LogP) is 5.33. The first-order valence-electron chi connectivity index (χ1n) is 16.2. The quantitative estimate of drug-likeness (QED) is 0.126. The average Bonchev–Trinajstić information content (AvgIpc) is 3.34. The lowest BCUT2D eigenvalue weighted by atomic mass is 9.57. The first-order valence-corrected chi connectivity index (χ1v) is 16.2. The molecule has 4 aliphatic carbocycles. The number of aliphatic hydroxyl groups is 4. The van der Waals surface area contributed by atoms with Gasteiger partial charge in [0.05, 0.1) is 6.61 Å². The summed E-state index contributed by atoms with van der Waals surface area (Å²) in [4.78, 5) is 26.2. The molecular formula is C34H54O7. The second-order valence-electron chi connectivity index (χ2n) is 14.2. The summed E-state index contributed by atoms with van der Waals surface area (Å²) in [7, 11) is 0. The normalized spacial score (nSPS) is 38.8. The lowest BCUT2D eigenvalue weighted by molar-refractivity contribution is -0.253. The van der Waals surface area contributed by atoms with Crippen LogP contribution in [0.25, 0.3) is 0 Å². The fraction of sp³-hybridized carbons (Fsp3) is 0.824. The fourth-order valence-electron chi connectivity index (χ4n) is 8.86. The molecule has 4 rings (SSSR count). The van der Waals surface area contributed by atoms with Gasteiger partial charge in [-0.1, -0.05) is 98.0 Å². The summed E-state index contributed by atoms with van der Waals surface area (Å²) in [5, 5.41) is 46.2. The van der Waals surface area contributed by atoms with Gasteiger partial charge in [0.1, 0.15) is 16.8 Å². The number of esters is 1. The highest BCUT2D eigenvalue weighted by Crippen LogP contribution is 2.77. The van der Waals surface area contributed by atoms with E-state index in [-0.39, 0.29) is 23.9 Å². The first-order chi connectivity index (χ1) is 19.3. The summed E-state index contributed by atoms with van der Waals surface area (Å²) in [6.07, 6.45) is 16.7. The molecule has 2 fully saturated rings. The Hall–Kier alpha value is -1.54. The lowest BCUT2D eigenvalue weighted by Crippen LogP contribution is -2.72. The number of ketones is 1. The zero-order chi connectivity index (χ0) is 30.3. The van der Waals surface area contributed by atoms with Gasteiger partial charge in [0.15, 0.2) is 11.4 Å². The van der Waals surface area contributed by atoms with E-state index in [9.17, 15) is 30.0 Å². The van der Waals surface area contributed by atoms with E-state index in [2.05, 4.69) is 6.92 Å². The summed E-state index contributed by atoms with van der Waals surface area (Å²) in [6, 6.07) is 0. The van der Waals surface area contributed by atoms with Crippen molar-refractivity contribution in [3.05, 3.63) is 23.3 Å². The van der Waals surface area contributed by atoms with E-state index in [0.29, 0.717) is 18.4 Å². The molecule has 0 aromatic heterocycles. The molecule has 4 N–H and O–H groups in total. The van der Waals surface area contributed by atoms with Crippen molar-refractivity contribution in [2.24, 2.45) is 23.2 Å². The molecule has 2 saturated carbocycles. The van der Waals surface area contributed by atoms with Crippen LogP contribution in [0.3, 0.4) is 0 Å². The smallest absolute Gasteiger partial charge is 0.306 e. The number of fused-ring (bicyclic) bond motifs is 5. The van der Waals surface area contributed by atoms with Crippen LogP contribution >= 0.6 is 0 Å². The Morgan fingerprint density at radius 3 is 2.10 bits per heavy atom. The lowest BCUT2D eigenvalue weighted by Gasteiger charge is -2.54. The van der Waals surface area contributed by atoms with Crippen LogP contribution in [-0.4, -0.2) is 61.2 Å². The molecule has 0 aromatic carbocycles. The number of rotatable bonds is 14. The summed E-state index contributed by atoms with van der Waals surface area (Å²) in [5.41, 5.74) is -7.14. The van der Waals surface area contributed by atoms with E-state index in [0.717, 1.165) is 19.3 Å². The Bertz CT molecular complexity index is 1060. The Balaban J connectivity index is 1.41. The molecule has 0 amide bonds. The third-order valence-corrected chi connectivity index (χ3v) is 11.3. The van der Waals surface area contributed by atoms with Crippen molar-refractivity contribution in [1.82, 2.24) is 0 Å². The molecule has 0 radical (unpaired) electrons. The molecule has 4 aliphatic rings. The van der Waals surface area contributed by atoms with Crippen LogP contribution in [0.5, 0.6) is 0 Å². The van der Waals surface area contributed by atoms with Gasteiger partial charge >= 0.3 is 5.97 Å². The minimum atomic E-state index is -2.27. The number of Topliss-reactive ketones (excluding diaryl/α,β-unsaturated/α-hetero) is 1. The Kier molecular flexibility index (Phi) is 9.36. The number of aliphatic hydroxyl groups excluding tert-OH is 1. The third kappa shape index (κ3) is 5.07. The maximum Gasteiger partial charge on any atom is 0.306 e. The monoisotopic (exact) mass is 574 g/mol. The molecule has 0 aliphatic heterocycles. The Morgan fingerprint density at radius 2 is 1.54 bits per heavy atom. The number of unbranched alkanes of at least 4 members (excludes halogenated alkanes) is 10. The van der Waals surface area contributed by atoms with Crippen molar-refractivity contribution in [3.63, 3.8) is 0 Å². The summed E-state index contributed by atoms with van der Waals surface area (Å²) < 4.78 is 6.28. The minimum Gasteiger partial charge on any atom is -0.458 e. The van der Waals surface area contributed by atoms with Crippen LogP contribution in [0.2, 0.25) is 0 Å². The van der Waals surface area contributed by atoms with Gasteiger partial charge in [-0.2, -0.15) is 0 Å². The first kappa shape index (κ1) is 32.4. The maximum atomic E-state index is 13.1. The standard InChI is InChI=1S/C34H54O7/c1-6-7-8-9-10-11-12-13-14-15-16-17-27(36)41-32-20-24(3)34(40)26(28(32)30(32,4)5)18-25(22-35)21-31(38)29(37)23(2)19-33(31,34)39/h18-19,24,26,28,35,38-40H,6-17,20-22H2,1-5H3/t24-,26+,28-,31+,32+,33-,34-/m1/s1. The second kappa shape index (κ2) is 11.9. The Labute approximate surface area is 246 Å². The molecule has 0 bridgehead atoms. The fourth-order valence-corrected chi connectivity index (χ4v) is 8.86. The Morgan fingerprint density at radius 1 is 0.976 bits per heavy atom. The molecule has 7 atom stereocenters. The van der Waals surface area contributed by atoms with Crippen LogP contribution in [0.1, 0.15) is 125 Å². The van der Waals surface area contributed by atoms with Gasteiger partial charge in [0.25, 0.3) is 0 Å². The van der Waals surface area contributed by atoms with Gasteiger partial charge in [-0.15, -0.1) is 0 Å². The van der Waals surface area contributed by atoms with E-state index >= 15 is 0 Å². The number of hydrogen-bond acceptors (Lipinski definition) is 7. The SMILES string of the molecule is CCCCCCCCCCCCCC(=O)O[C@@]12C[C@@H](C)[C@@]3(O)[C@@H](C=C(CO)C[C@]4(O)C(=O)C(C)=C[C@]34O)[C@@H]1C2(C)C. The summed E-state index contributed by atoms with van der Waals surface area (Å²) >= 11 is 0. The maximum absolute atomic E-state index is 13.1. The molecule has 7 nitrogen and oxygen atoms in total. The summed E-state index contributed by atoms with van der Waals surface area (Å²) in [6.45, 7) is 9.17. The molecule has 41 heavy (non-hydrogen) atoms. The molecular weight excluding hydrogens is 520 g/mol. The van der Waals surface area contributed by atoms with Crippen molar-refractivity contribution >= 4 is 11.8 Å². The number of ether oxygens (including phenoxy) is 1. The highest BCUT2D eigenvalue weighted by Gasteiger charge is 2.85. The topological polar surface area (TPSA) is 124 Å². The molecule has 0 unspecified atom stereocenters. The molecule has 7 heteroatoms. The van der Waals surface area contributed by atoms with Crippen LogP contribution in [0.15, 0.2) is 23.3 Å². The molecule has 232 valence electrons. The van der Waals surface area contributed by atoms with Gasteiger partial charge < -0.3 is 25.2 Å². The van der Waals surface area contributed by atoms with Crippen molar-refractivity contribution in [2.45, 2.75) is 147 Å². The van der Waals surface area contributed by atoms with Gasteiger partial charge in [0.2, 0.25) is 0 Å². The number of carbonyl (C=O) groups excluding carboxylic acids is 2. The van der Waals surface area contributed by atoms with Crippen LogP contribution in [-0.2, 0) is 14.3 Å². The zero-order valence-electron chi connectivity index (χ0n) is 26.0. The van der Waals surface area contributed by atoms with Crippen molar-refractivity contribution in [1.29, 1.82) is 0 Å². The molecule has 0 saturated heterocycles. The van der Waals surface area contributed by atoms with E-state index in [1.54, 1.807) is 13.0 Å². The van der Waals surface area contributed by atoms with Gasteiger partial charge in [0, 0.05) is 30.1 Å². The van der Waals surface area contributed by atoms with Crippen molar-refractivity contribution in [2.75, 3.05) is 6.61 Å². The van der Waals surface area contributed by atoms with Crippen LogP contribution in [0, 0.1) is 23.2 Å². The van der Waals surface area contributed by atoms with Crippen molar-refractivity contribution in [3.8, 4) is 0 Å². The summed E-state index contributed by atoms with van der Waals surface area (Å²) in [5.74, 6) is -2.55. The van der Waals surface area contributed by atoms with Gasteiger partial charge in [-0.3, -0.25) is 9.59 Å². The van der Waals surface area contributed by atoms with Crippen molar-refractivity contribution < 1.29 is 34.8 Å². The highest BCUT2D eigenvalue weighted by molar-refractivity contribution is 6.06. The van der Waals surface area contributed by atoms with Gasteiger partial charge in [-0.05, 0) is 42.9 Å². The van der Waals surface area contributed by atoms with E-state index < -0.39 is 52.0 Å². The van der Waals surface area contributed by atoms with E-state index in [4.69, 9.17) is 4.74 Å². The number of hydrogen-bond donors (Lipinski definition) is 4. The zero-order valence-corrected chi connectivity index (χ0v) is 26.0.